The average Bonchev–Trinajstić information content (AvgIpc) is 2.86. The van der Waals surface area contributed by atoms with Crippen molar-refractivity contribution < 1.29 is 19.4 Å². The van der Waals surface area contributed by atoms with Crippen LogP contribution in [-0.4, -0.2) is 61.5 Å². The molecule has 1 N–H and O–H groups in total. The quantitative estimate of drug-likeness (QED) is 0.663. The van der Waals surface area contributed by atoms with Gasteiger partial charge in [-0.2, -0.15) is 0 Å². The molecule has 17 heavy (non-hydrogen) atoms. The summed E-state index contributed by atoms with van der Waals surface area (Å²) in [6, 6.07) is 0.704. The fourth-order valence-electron chi connectivity index (χ4n) is 3.13. The van der Waals surface area contributed by atoms with Crippen LogP contribution in [0, 0.1) is 5.92 Å². The van der Waals surface area contributed by atoms with Crippen molar-refractivity contribution in [3.05, 3.63) is 0 Å². The van der Waals surface area contributed by atoms with E-state index in [2.05, 4.69) is 4.90 Å². The van der Waals surface area contributed by atoms with Crippen LogP contribution in [0.5, 0.6) is 0 Å². The third kappa shape index (κ3) is 2.78. The summed E-state index contributed by atoms with van der Waals surface area (Å²) in [7, 11) is 1.65. The molecule has 0 aromatic rings. The van der Waals surface area contributed by atoms with Crippen LogP contribution in [0.2, 0.25) is 0 Å². The number of nitrogens with zero attached hydrogens (tertiary/aromatic N) is 1. The second kappa shape index (κ2) is 5.80. The van der Waals surface area contributed by atoms with Gasteiger partial charge in [0, 0.05) is 25.7 Å². The first-order valence-corrected chi connectivity index (χ1v) is 6.29. The van der Waals surface area contributed by atoms with Gasteiger partial charge in [0.1, 0.15) is 0 Å². The number of ether oxygens (including phenoxy) is 2. The largest absolute Gasteiger partial charge is 0.481 e. The molecule has 2 aliphatic heterocycles. The number of methoxy groups -OCH3 is 1. The van der Waals surface area contributed by atoms with Crippen molar-refractivity contribution in [3.8, 4) is 0 Å². The first-order chi connectivity index (χ1) is 8.24. The molecule has 3 unspecified atom stereocenters. The average molecular weight is 243 g/mol. The van der Waals surface area contributed by atoms with E-state index in [0.717, 1.165) is 25.8 Å². The molecule has 0 aromatic carbocycles. The second-order valence-electron chi connectivity index (χ2n) is 4.82. The van der Waals surface area contributed by atoms with Crippen molar-refractivity contribution in [2.24, 2.45) is 5.92 Å². The van der Waals surface area contributed by atoms with E-state index in [4.69, 9.17) is 14.6 Å². The Kier molecular flexibility index (Phi) is 4.36. The van der Waals surface area contributed by atoms with E-state index in [-0.39, 0.29) is 12.0 Å². The zero-order chi connectivity index (χ0) is 12.3. The van der Waals surface area contributed by atoms with Gasteiger partial charge in [0.2, 0.25) is 0 Å². The Labute approximate surface area is 102 Å². The second-order valence-corrected chi connectivity index (χ2v) is 4.82. The summed E-state index contributed by atoms with van der Waals surface area (Å²) < 4.78 is 10.3. The van der Waals surface area contributed by atoms with Gasteiger partial charge >= 0.3 is 5.97 Å². The van der Waals surface area contributed by atoms with E-state index >= 15 is 0 Å². The summed E-state index contributed by atoms with van der Waals surface area (Å²) in [6.45, 7) is 2.75. The van der Waals surface area contributed by atoms with Crippen molar-refractivity contribution in [3.63, 3.8) is 0 Å². The maximum atomic E-state index is 11.1. The van der Waals surface area contributed by atoms with Gasteiger partial charge in [-0.15, -0.1) is 0 Å². The van der Waals surface area contributed by atoms with Gasteiger partial charge in [-0.25, -0.2) is 0 Å². The molecule has 0 aliphatic carbocycles. The topological polar surface area (TPSA) is 59.0 Å². The van der Waals surface area contributed by atoms with Crippen molar-refractivity contribution in [2.45, 2.75) is 31.3 Å². The number of carboxylic acid groups (broad SMARTS) is 1. The van der Waals surface area contributed by atoms with Crippen LogP contribution >= 0.6 is 0 Å². The van der Waals surface area contributed by atoms with Gasteiger partial charge < -0.3 is 14.6 Å². The lowest BCUT2D eigenvalue weighted by Gasteiger charge is -2.22. The lowest BCUT2D eigenvalue weighted by Crippen LogP contribution is -2.35. The predicted octanol–water partition coefficient (Wildman–Crippen LogP) is 0.587. The highest BCUT2D eigenvalue weighted by Gasteiger charge is 2.48. The maximum Gasteiger partial charge on any atom is 0.308 e. The Morgan fingerprint density at radius 1 is 1.35 bits per heavy atom. The van der Waals surface area contributed by atoms with Gasteiger partial charge in [-0.3, -0.25) is 9.69 Å². The van der Waals surface area contributed by atoms with Crippen LogP contribution in [0.1, 0.15) is 19.3 Å². The number of hydrogen-bond acceptors (Lipinski definition) is 4. The first-order valence-electron chi connectivity index (χ1n) is 6.29. The fourth-order valence-corrected chi connectivity index (χ4v) is 3.13. The molecule has 2 rings (SSSR count). The van der Waals surface area contributed by atoms with Gasteiger partial charge in [-0.05, 0) is 19.3 Å². The van der Waals surface area contributed by atoms with E-state index in [9.17, 15) is 4.79 Å². The highest BCUT2D eigenvalue weighted by Crippen LogP contribution is 2.41. The van der Waals surface area contributed by atoms with Crippen molar-refractivity contribution in [1.29, 1.82) is 0 Å². The van der Waals surface area contributed by atoms with Crippen LogP contribution in [0.15, 0.2) is 0 Å². The standard InChI is InChI=1S/C12H21NO4/c1-16-6-7-17-5-4-13-9-2-3-11(13)10(8-9)12(14)15/h9-11H,2-8H2,1H3,(H,14,15). The van der Waals surface area contributed by atoms with Crippen LogP contribution in [0.4, 0.5) is 0 Å². The van der Waals surface area contributed by atoms with Crippen LogP contribution in [0.25, 0.3) is 0 Å². The minimum Gasteiger partial charge on any atom is -0.481 e. The Morgan fingerprint density at radius 3 is 2.82 bits per heavy atom. The molecule has 2 heterocycles. The highest BCUT2D eigenvalue weighted by atomic mass is 16.5. The molecule has 2 saturated heterocycles. The summed E-state index contributed by atoms with van der Waals surface area (Å²) in [5.41, 5.74) is 0. The normalized spacial score (nSPS) is 32.2. The van der Waals surface area contributed by atoms with Crippen molar-refractivity contribution >= 4 is 5.97 Å². The Bertz CT molecular complexity index is 271. The summed E-state index contributed by atoms with van der Waals surface area (Å²) in [4.78, 5) is 13.4. The molecular weight excluding hydrogens is 222 g/mol. The first kappa shape index (κ1) is 12.8. The molecule has 2 bridgehead atoms. The fraction of sp³-hybridized carbons (Fsp3) is 0.917. The van der Waals surface area contributed by atoms with Crippen LogP contribution in [0.3, 0.4) is 0 Å². The minimum absolute atomic E-state index is 0.160. The number of rotatable bonds is 7. The molecule has 98 valence electrons. The van der Waals surface area contributed by atoms with Crippen molar-refractivity contribution in [2.75, 3.05) is 33.5 Å². The molecular formula is C12H21NO4. The van der Waals surface area contributed by atoms with Crippen LogP contribution < -0.4 is 0 Å². The lowest BCUT2D eigenvalue weighted by molar-refractivity contribution is -0.142. The lowest BCUT2D eigenvalue weighted by atomic mass is 9.89. The van der Waals surface area contributed by atoms with E-state index in [1.165, 1.54) is 0 Å². The molecule has 2 fully saturated rings. The summed E-state index contributed by atoms with van der Waals surface area (Å²) in [5, 5.41) is 9.12. The molecule has 2 aliphatic rings. The minimum atomic E-state index is -0.637. The molecule has 0 amide bonds. The Hall–Kier alpha value is -0.650. The third-order valence-corrected chi connectivity index (χ3v) is 3.92. The number of carboxylic acids is 1. The summed E-state index contributed by atoms with van der Waals surface area (Å²) in [6.07, 6.45) is 2.99. The predicted molar refractivity (Wildman–Crippen MR) is 62.0 cm³/mol. The number of carbonyl (C=O) groups is 1. The molecule has 0 aromatic heterocycles. The number of aliphatic carboxylic acids is 1. The molecule has 0 radical (unpaired) electrons. The number of fused-ring (bicyclic) bond motifs is 2. The van der Waals surface area contributed by atoms with E-state index < -0.39 is 5.97 Å². The Balaban J connectivity index is 1.73. The maximum absolute atomic E-state index is 11.1. The van der Waals surface area contributed by atoms with E-state index in [0.29, 0.717) is 25.9 Å². The summed E-state index contributed by atoms with van der Waals surface area (Å²) in [5.74, 6) is -0.796. The zero-order valence-corrected chi connectivity index (χ0v) is 10.3. The molecule has 3 atom stereocenters. The highest BCUT2D eigenvalue weighted by molar-refractivity contribution is 5.71. The zero-order valence-electron chi connectivity index (χ0n) is 10.3. The molecule has 0 saturated carbocycles. The van der Waals surface area contributed by atoms with Crippen LogP contribution in [-0.2, 0) is 14.3 Å². The molecule has 5 nitrogen and oxygen atoms in total. The molecule has 0 spiro atoms. The Morgan fingerprint density at radius 2 is 2.18 bits per heavy atom. The van der Waals surface area contributed by atoms with Gasteiger partial charge in [-0.1, -0.05) is 0 Å². The SMILES string of the molecule is COCCOCCN1C2CCC1C(C(=O)O)C2. The van der Waals surface area contributed by atoms with Gasteiger partial charge in [0.15, 0.2) is 0 Å². The summed E-state index contributed by atoms with van der Waals surface area (Å²) >= 11 is 0. The smallest absolute Gasteiger partial charge is 0.308 e. The number of hydrogen-bond donors (Lipinski definition) is 1. The van der Waals surface area contributed by atoms with E-state index in [1.54, 1.807) is 7.11 Å². The molecule has 5 heteroatoms. The van der Waals surface area contributed by atoms with E-state index in [1.807, 2.05) is 0 Å². The monoisotopic (exact) mass is 243 g/mol. The van der Waals surface area contributed by atoms with Gasteiger partial charge in [0.25, 0.3) is 0 Å². The van der Waals surface area contributed by atoms with Crippen molar-refractivity contribution in [1.82, 2.24) is 4.90 Å². The van der Waals surface area contributed by atoms with Gasteiger partial charge in [0.05, 0.1) is 25.7 Å². The third-order valence-electron chi connectivity index (χ3n) is 3.92.